The highest BCUT2D eigenvalue weighted by molar-refractivity contribution is 6.35. The van der Waals surface area contributed by atoms with Gasteiger partial charge in [-0.05, 0) is 36.8 Å². The molecule has 0 radical (unpaired) electrons. The van der Waals surface area contributed by atoms with Gasteiger partial charge in [-0.1, -0.05) is 23.7 Å². The van der Waals surface area contributed by atoms with Crippen LogP contribution in [0.5, 0.6) is 5.75 Å². The second kappa shape index (κ2) is 6.77. The number of ether oxygens (including phenoxy) is 1. The predicted octanol–water partition coefficient (Wildman–Crippen LogP) is 4.83. The quantitative estimate of drug-likeness (QED) is 0.505. The molecule has 4 nitrogen and oxygen atoms in total. The summed E-state index contributed by atoms with van der Waals surface area (Å²) in [6.45, 7) is 1.49. The molecule has 0 aliphatic heterocycles. The molecule has 0 aliphatic carbocycles. The topological polar surface area (TPSA) is 51.5 Å². The van der Waals surface area contributed by atoms with E-state index in [2.05, 4.69) is 4.74 Å². The highest BCUT2D eigenvalue weighted by Gasteiger charge is 2.31. The average molecular weight is 402 g/mol. The lowest BCUT2D eigenvalue weighted by molar-refractivity contribution is -0.274. The Labute approximate surface area is 155 Å². The molecule has 3 rings (SSSR count). The third-order valence-electron chi connectivity index (χ3n) is 4.09. The number of hydrogen-bond donors (Lipinski definition) is 1. The lowest BCUT2D eigenvalue weighted by Crippen LogP contribution is -2.19. The predicted molar refractivity (Wildman–Crippen MR) is 91.0 cm³/mol. The molecule has 0 saturated carbocycles. The van der Waals surface area contributed by atoms with E-state index in [4.69, 9.17) is 11.6 Å². The molecular formula is C18H12ClF4NO3. The Morgan fingerprint density at radius 2 is 1.78 bits per heavy atom. The molecule has 9 heteroatoms. The molecule has 0 fully saturated rings. The van der Waals surface area contributed by atoms with Gasteiger partial charge in [-0.3, -0.25) is 4.79 Å². The van der Waals surface area contributed by atoms with Crippen LogP contribution in [0.3, 0.4) is 0 Å². The van der Waals surface area contributed by atoms with Crippen molar-refractivity contribution >= 4 is 22.5 Å². The lowest BCUT2D eigenvalue weighted by atomic mass is 10.0. The molecule has 0 aliphatic rings. The van der Waals surface area contributed by atoms with Crippen LogP contribution in [0.1, 0.15) is 16.8 Å². The standard InChI is InChI=1S/C18H12ClF4NO3/c1-9-12(8-10-2-4-11(5-3-10)27-18(21,22)23)17(25)15-14(24(9)26)7-6-13(20)16(15)19/h2-7,26H,8H2,1H3. The van der Waals surface area contributed by atoms with Crippen molar-refractivity contribution in [1.82, 2.24) is 4.73 Å². The van der Waals surface area contributed by atoms with E-state index in [-0.39, 0.29) is 28.6 Å². The van der Waals surface area contributed by atoms with E-state index >= 15 is 0 Å². The Hall–Kier alpha value is -2.74. The molecule has 1 heterocycles. The molecule has 1 aromatic heterocycles. The molecule has 27 heavy (non-hydrogen) atoms. The number of hydrogen-bond acceptors (Lipinski definition) is 3. The van der Waals surface area contributed by atoms with Crippen LogP contribution in [0.4, 0.5) is 17.6 Å². The number of benzene rings is 2. The number of nitrogens with zero attached hydrogens (tertiary/aromatic N) is 1. The van der Waals surface area contributed by atoms with E-state index in [1.807, 2.05) is 0 Å². The molecule has 142 valence electrons. The van der Waals surface area contributed by atoms with Crippen LogP contribution in [0.2, 0.25) is 5.02 Å². The minimum absolute atomic E-state index is 0.000304. The van der Waals surface area contributed by atoms with Crippen LogP contribution >= 0.6 is 11.6 Å². The monoisotopic (exact) mass is 401 g/mol. The highest BCUT2D eigenvalue weighted by Crippen LogP contribution is 2.27. The van der Waals surface area contributed by atoms with Crippen molar-refractivity contribution in [1.29, 1.82) is 0 Å². The van der Waals surface area contributed by atoms with Crippen molar-refractivity contribution in [3.63, 3.8) is 0 Å². The first-order chi connectivity index (χ1) is 12.6. The normalized spacial score (nSPS) is 11.8. The minimum atomic E-state index is -4.80. The Kier molecular flexibility index (Phi) is 4.77. The second-order valence-electron chi connectivity index (χ2n) is 5.83. The summed E-state index contributed by atoms with van der Waals surface area (Å²) in [5, 5.41) is 9.70. The fourth-order valence-electron chi connectivity index (χ4n) is 2.78. The van der Waals surface area contributed by atoms with E-state index in [1.54, 1.807) is 0 Å². The van der Waals surface area contributed by atoms with Crippen LogP contribution in [-0.4, -0.2) is 16.3 Å². The van der Waals surface area contributed by atoms with Gasteiger partial charge in [0, 0.05) is 12.0 Å². The summed E-state index contributed by atoms with van der Waals surface area (Å²) in [5.41, 5.74) is 0.346. The number of halogens is 5. The summed E-state index contributed by atoms with van der Waals surface area (Å²) in [6.07, 6.45) is -4.80. The molecule has 1 N–H and O–H groups in total. The fourth-order valence-corrected chi connectivity index (χ4v) is 3.02. The molecule has 0 unspecified atom stereocenters. The molecule has 2 aromatic carbocycles. The summed E-state index contributed by atoms with van der Waals surface area (Å²) in [7, 11) is 0. The van der Waals surface area contributed by atoms with Crippen LogP contribution in [-0.2, 0) is 6.42 Å². The number of pyridine rings is 1. The van der Waals surface area contributed by atoms with Gasteiger partial charge in [0.05, 0.1) is 21.6 Å². The Morgan fingerprint density at radius 3 is 2.37 bits per heavy atom. The van der Waals surface area contributed by atoms with Gasteiger partial charge in [0.15, 0.2) is 5.43 Å². The summed E-state index contributed by atoms with van der Waals surface area (Å²) >= 11 is 5.89. The van der Waals surface area contributed by atoms with Crippen molar-refractivity contribution in [2.45, 2.75) is 19.7 Å². The first-order valence-corrected chi connectivity index (χ1v) is 8.02. The molecule has 0 saturated heterocycles. The zero-order valence-electron chi connectivity index (χ0n) is 13.8. The number of fused-ring (bicyclic) bond motifs is 1. The van der Waals surface area contributed by atoms with Crippen molar-refractivity contribution in [2.24, 2.45) is 0 Å². The van der Waals surface area contributed by atoms with Crippen LogP contribution in [0.15, 0.2) is 41.2 Å². The van der Waals surface area contributed by atoms with Gasteiger partial charge in [-0.15, -0.1) is 13.2 Å². The highest BCUT2D eigenvalue weighted by atomic mass is 35.5. The van der Waals surface area contributed by atoms with Crippen LogP contribution in [0, 0.1) is 12.7 Å². The SMILES string of the molecule is Cc1c(Cc2ccc(OC(F)(F)F)cc2)c(=O)c2c(Cl)c(F)ccc2n1O. The smallest absolute Gasteiger partial charge is 0.428 e. The van der Waals surface area contributed by atoms with E-state index < -0.39 is 28.4 Å². The van der Waals surface area contributed by atoms with Crippen LogP contribution in [0.25, 0.3) is 10.9 Å². The Balaban J connectivity index is 2.05. The summed E-state index contributed by atoms with van der Waals surface area (Å²) in [5.74, 6) is -1.20. The zero-order valence-corrected chi connectivity index (χ0v) is 14.5. The van der Waals surface area contributed by atoms with Gasteiger partial charge in [0.25, 0.3) is 0 Å². The van der Waals surface area contributed by atoms with Gasteiger partial charge >= 0.3 is 6.36 Å². The molecule has 0 atom stereocenters. The fraction of sp³-hybridized carbons (Fsp3) is 0.167. The van der Waals surface area contributed by atoms with Gasteiger partial charge in [-0.2, -0.15) is 4.73 Å². The van der Waals surface area contributed by atoms with E-state index in [0.717, 1.165) is 22.9 Å². The van der Waals surface area contributed by atoms with Crippen molar-refractivity contribution in [3.8, 4) is 5.75 Å². The van der Waals surface area contributed by atoms with Crippen molar-refractivity contribution in [3.05, 3.63) is 74.3 Å². The third-order valence-corrected chi connectivity index (χ3v) is 4.46. The summed E-state index contributed by atoms with van der Waals surface area (Å²) in [4.78, 5) is 12.8. The first-order valence-electron chi connectivity index (χ1n) is 7.64. The Morgan fingerprint density at radius 1 is 1.15 bits per heavy atom. The van der Waals surface area contributed by atoms with Gasteiger partial charge in [0.1, 0.15) is 11.6 Å². The van der Waals surface area contributed by atoms with Crippen molar-refractivity contribution < 1.29 is 27.5 Å². The zero-order chi connectivity index (χ0) is 19.9. The third kappa shape index (κ3) is 3.71. The Bertz CT molecular complexity index is 1080. The first kappa shape index (κ1) is 19.0. The summed E-state index contributed by atoms with van der Waals surface area (Å²) < 4.78 is 54.9. The van der Waals surface area contributed by atoms with E-state index in [1.165, 1.54) is 25.1 Å². The maximum atomic E-state index is 13.7. The number of aromatic nitrogens is 1. The minimum Gasteiger partial charge on any atom is -0.428 e. The number of rotatable bonds is 3. The largest absolute Gasteiger partial charge is 0.573 e. The van der Waals surface area contributed by atoms with Crippen LogP contribution < -0.4 is 10.2 Å². The van der Waals surface area contributed by atoms with E-state index in [0.29, 0.717) is 5.56 Å². The second-order valence-corrected chi connectivity index (χ2v) is 6.21. The molecule has 0 amide bonds. The summed E-state index contributed by atoms with van der Waals surface area (Å²) in [6, 6.07) is 7.22. The van der Waals surface area contributed by atoms with Gasteiger partial charge in [0.2, 0.25) is 0 Å². The average Bonchev–Trinajstić information content (AvgIpc) is 2.59. The lowest BCUT2D eigenvalue weighted by Gasteiger charge is -2.14. The van der Waals surface area contributed by atoms with Gasteiger partial charge < -0.3 is 9.94 Å². The number of alkyl halides is 3. The maximum Gasteiger partial charge on any atom is 0.573 e. The maximum absolute atomic E-state index is 13.7. The molecule has 0 bridgehead atoms. The molecule has 3 aromatic rings. The molecule has 0 spiro atoms. The molecular weight excluding hydrogens is 390 g/mol. The van der Waals surface area contributed by atoms with Crippen molar-refractivity contribution in [2.75, 3.05) is 0 Å². The van der Waals surface area contributed by atoms with E-state index in [9.17, 15) is 27.6 Å². The van der Waals surface area contributed by atoms with Gasteiger partial charge in [-0.25, -0.2) is 4.39 Å².